The summed E-state index contributed by atoms with van der Waals surface area (Å²) in [5.74, 6) is 2.45. The zero-order valence-electron chi connectivity index (χ0n) is 17.9. The van der Waals surface area contributed by atoms with E-state index in [1.54, 1.807) is 51.8 Å². The molecule has 0 radical (unpaired) electrons. The van der Waals surface area contributed by atoms with Gasteiger partial charge in [-0.2, -0.15) is 0 Å². The molecular formula is C23H23N5O4. The first kappa shape index (κ1) is 21.0. The molecule has 0 saturated carbocycles. The van der Waals surface area contributed by atoms with Gasteiger partial charge in [-0.25, -0.2) is 9.97 Å². The first-order chi connectivity index (χ1) is 15.6. The van der Waals surface area contributed by atoms with Crippen molar-refractivity contribution in [3.8, 4) is 17.2 Å². The van der Waals surface area contributed by atoms with E-state index in [-0.39, 0.29) is 12.5 Å². The summed E-state index contributed by atoms with van der Waals surface area (Å²) >= 11 is 0. The third kappa shape index (κ3) is 4.41. The minimum atomic E-state index is -0.235. The molecule has 4 aromatic rings. The Balaban J connectivity index is 1.47. The average molecular weight is 433 g/mol. The molecule has 0 spiro atoms. The average Bonchev–Trinajstić information content (AvgIpc) is 3.25. The molecule has 0 saturated heterocycles. The molecule has 0 aliphatic carbocycles. The van der Waals surface area contributed by atoms with Crippen molar-refractivity contribution in [3.05, 3.63) is 66.1 Å². The van der Waals surface area contributed by atoms with Crippen LogP contribution in [0.4, 0.5) is 11.5 Å². The fourth-order valence-corrected chi connectivity index (χ4v) is 3.30. The van der Waals surface area contributed by atoms with Gasteiger partial charge in [0.1, 0.15) is 11.6 Å². The summed E-state index contributed by atoms with van der Waals surface area (Å²) in [6.07, 6.45) is 1.57. The Kier molecular flexibility index (Phi) is 6.07. The van der Waals surface area contributed by atoms with Crippen molar-refractivity contribution < 1.29 is 19.0 Å². The number of methoxy groups -OCH3 is 3. The molecule has 0 aliphatic heterocycles. The molecule has 0 unspecified atom stereocenters. The highest BCUT2D eigenvalue weighted by Crippen LogP contribution is 2.40. The number of benzene rings is 2. The Labute approximate surface area is 184 Å². The van der Waals surface area contributed by atoms with E-state index < -0.39 is 0 Å². The maximum Gasteiger partial charge on any atom is 0.251 e. The van der Waals surface area contributed by atoms with Crippen LogP contribution in [0, 0.1) is 0 Å². The molecule has 0 fully saturated rings. The number of amides is 1. The quantitative estimate of drug-likeness (QED) is 0.389. The highest BCUT2D eigenvalue weighted by molar-refractivity contribution is 5.95. The van der Waals surface area contributed by atoms with Crippen molar-refractivity contribution in [1.29, 1.82) is 0 Å². The van der Waals surface area contributed by atoms with Crippen LogP contribution >= 0.6 is 0 Å². The third-order valence-electron chi connectivity index (χ3n) is 4.81. The van der Waals surface area contributed by atoms with Crippen LogP contribution in [-0.2, 0) is 6.54 Å². The molecule has 2 heterocycles. The third-order valence-corrected chi connectivity index (χ3v) is 4.81. The molecule has 164 valence electrons. The van der Waals surface area contributed by atoms with Crippen molar-refractivity contribution in [2.24, 2.45) is 0 Å². The lowest BCUT2D eigenvalue weighted by atomic mass is 10.2. The van der Waals surface area contributed by atoms with Crippen LogP contribution in [0.3, 0.4) is 0 Å². The maximum atomic E-state index is 12.7. The Hall–Kier alpha value is -4.27. The summed E-state index contributed by atoms with van der Waals surface area (Å²) in [7, 11) is 4.64. The lowest BCUT2D eigenvalue weighted by Crippen LogP contribution is -2.23. The van der Waals surface area contributed by atoms with Gasteiger partial charge in [-0.3, -0.25) is 4.79 Å². The number of para-hydroxylation sites is 2. The number of aromatic nitrogens is 3. The number of anilines is 2. The molecule has 0 bridgehead atoms. The number of nitrogens with one attached hydrogen (secondary N) is 3. The molecule has 2 aromatic heterocycles. The van der Waals surface area contributed by atoms with E-state index in [9.17, 15) is 4.79 Å². The fraction of sp³-hybridized carbons (Fsp3) is 0.174. The number of carbonyl (C=O) groups is 1. The van der Waals surface area contributed by atoms with Crippen molar-refractivity contribution >= 4 is 28.4 Å². The molecule has 9 nitrogen and oxygen atoms in total. The van der Waals surface area contributed by atoms with Gasteiger partial charge in [0.05, 0.1) is 38.9 Å². The van der Waals surface area contributed by atoms with Crippen LogP contribution in [0.1, 0.15) is 16.2 Å². The number of nitrogens with zero attached hydrogens (tertiary/aromatic N) is 2. The molecular weight excluding hydrogens is 410 g/mol. The van der Waals surface area contributed by atoms with Crippen LogP contribution < -0.4 is 24.8 Å². The second kappa shape index (κ2) is 9.25. The second-order valence-corrected chi connectivity index (χ2v) is 6.85. The van der Waals surface area contributed by atoms with Crippen molar-refractivity contribution in [2.75, 3.05) is 26.6 Å². The van der Waals surface area contributed by atoms with Gasteiger partial charge in [-0.15, -0.1) is 0 Å². The largest absolute Gasteiger partial charge is 0.493 e. The first-order valence-electron chi connectivity index (χ1n) is 9.86. The zero-order valence-corrected chi connectivity index (χ0v) is 17.9. The topological polar surface area (TPSA) is 110 Å². The van der Waals surface area contributed by atoms with E-state index in [1.807, 2.05) is 24.3 Å². The summed E-state index contributed by atoms with van der Waals surface area (Å²) in [6.45, 7) is 0.283. The summed E-state index contributed by atoms with van der Waals surface area (Å²) < 4.78 is 16.1. The normalized spacial score (nSPS) is 10.6. The highest BCUT2D eigenvalue weighted by Gasteiger charge is 2.14. The van der Waals surface area contributed by atoms with Gasteiger partial charge in [0, 0.05) is 29.6 Å². The van der Waals surface area contributed by atoms with E-state index in [4.69, 9.17) is 14.2 Å². The molecule has 2 aromatic carbocycles. The molecule has 9 heteroatoms. The van der Waals surface area contributed by atoms with Crippen LogP contribution in [-0.4, -0.2) is 42.2 Å². The summed E-state index contributed by atoms with van der Waals surface area (Å²) in [5, 5.41) is 6.04. The summed E-state index contributed by atoms with van der Waals surface area (Å²) in [5.41, 5.74) is 2.92. The molecule has 4 rings (SSSR count). The number of rotatable bonds is 8. The van der Waals surface area contributed by atoms with Crippen molar-refractivity contribution in [3.63, 3.8) is 0 Å². The van der Waals surface area contributed by atoms with Gasteiger partial charge in [0.15, 0.2) is 11.5 Å². The Morgan fingerprint density at radius 1 is 1.00 bits per heavy atom. The number of ether oxygens (including phenoxy) is 3. The minimum Gasteiger partial charge on any atom is -0.493 e. The van der Waals surface area contributed by atoms with Crippen LogP contribution in [0.5, 0.6) is 17.2 Å². The predicted molar refractivity (Wildman–Crippen MR) is 121 cm³/mol. The molecule has 0 atom stereocenters. The molecule has 1 amide bonds. The van der Waals surface area contributed by atoms with E-state index in [0.717, 1.165) is 11.0 Å². The van der Waals surface area contributed by atoms with Gasteiger partial charge in [-0.05, 0) is 24.3 Å². The van der Waals surface area contributed by atoms with Gasteiger partial charge < -0.3 is 29.8 Å². The molecule has 3 N–H and O–H groups in total. The number of H-pyrrole nitrogens is 1. The Bertz CT molecular complexity index is 1200. The predicted octanol–water partition coefficient (Wildman–Crippen LogP) is 3.66. The van der Waals surface area contributed by atoms with Gasteiger partial charge in [0.25, 0.3) is 5.91 Å². The molecule has 0 aliphatic rings. The number of pyridine rings is 1. The smallest absolute Gasteiger partial charge is 0.251 e. The van der Waals surface area contributed by atoms with Gasteiger partial charge in [0.2, 0.25) is 5.75 Å². The van der Waals surface area contributed by atoms with E-state index >= 15 is 0 Å². The molecule has 32 heavy (non-hydrogen) atoms. The maximum absolute atomic E-state index is 12.7. The van der Waals surface area contributed by atoms with Gasteiger partial charge in [-0.1, -0.05) is 12.1 Å². The zero-order chi connectivity index (χ0) is 22.5. The minimum absolute atomic E-state index is 0.235. The van der Waals surface area contributed by atoms with Crippen LogP contribution in [0.25, 0.3) is 11.0 Å². The van der Waals surface area contributed by atoms with Gasteiger partial charge >= 0.3 is 0 Å². The number of imidazole rings is 1. The first-order valence-corrected chi connectivity index (χ1v) is 9.86. The summed E-state index contributed by atoms with van der Waals surface area (Å²) in [4.78, 5) is 24.6. The van der Waals surface area contributed by atoms with Crippen LogP contribution in [0.15, 0.2) is 54.7 Å². The number of carbonyl (C=O) groups excluding carboxylic acids is 1. The van der Waals surface area contributed by atoms with Crippen molar-refractivity contribution in [2.45, 2.75) is 6.54 Å². The lowest BCUT2D eigenvalue weighted by Gasteiger charge is -2.15. The Morgan fingerprint density at radius 2 is 1.75 bits per heavy atom. The highest BCUT2D eigenvalue weighted by atomic mass is 16.5. The lowest BCUT2D eigenvalue weighted by molar-refractivity contribution is 0.0950. The summed E-state index contributed by atoms with van der Waals surface area (Å²) in [6, 6.07) is 14.5. The standard InChI is InChI=1S/C23H23N5O4/c1-30-18-11-15(12-19(31-2)22(18)32-3)26-20-10-14(8-9-24-20)23(29)25-13-21-27-16-6-4-5-7-17(16)28-21/h4-12H,13H2,1-3H3,(H,24,26)(H,25,29)(H,27,28). The number of hydrogen-bond acceptors (Lipinski definition) is 7. The Morgan fingerprint density at radius 3 is 2.44 bits per heavy atom. The number of aromatic amines is 1. The fourth-order valence-electron chi connectivity index (χ4n) is 3.30. The SMILES string of the molecule is COc1cc(Nc2cc(C(=O)NCc3nc4ccccc4[nH]3)ccn2)cc(OC)c1OC. The van der Waals surface area contributed by atoms with E-state index in [1.165, 1.54) is 0 Å². The van der Waals surface area contributed by atoms with Crippen molar-refractivity contribution in [1.82, 2.24) is 20.3 Å². The van der Waals surface area contributed by atoms with E-state index in [2.05, 4.69) is 25.6 Å². The van der Waals surface area contributed by atoms with E-state index in [0.29, 0.717) is 40.1 Å². The number of hydrogen-bond donors (Lipinski definition) is 3. The number of fused-ring (bicyclic) bond motifs is 1. The monoisotopic (exact) mass is 433 g/mol. The second-order valence-electron chi connectivity index (χ2n) is 6.85. The van der Waals surface area contributed by atoms with Crippen LogP contribution in [0.2, 0.25) is 0 Å².